The molecule has 0 aliphatic carbocycles. The van der Waals surface area contributed by atoms with E-state index in [9.17, 15) is 9.50 Å². The summed E-state index contributed by atoms with van der Waals surface area (Å²) < 4.78 is 23.3. The Kier molecular flexibility index (Phi) is 4.68. The van der Waals surface area contributed by atoms with Crippen molar-refractivity contribution in [2.24, 2.45) is 0 Å². The molecule has 0 saturated heterocycles. The van der Waals surface area contributed by atoms with Crippen molar-refractivity contribution < 1.29 is 18.8 Å². The molecular weight excluding hydrogens is 263 g/mol. The predicted octanol–water partition coefficient (Wildman–Crippen LogP) is 2.59. The molecule has 0 bridgehead atoms. The van der Waals surface area contributed by atoms with Gasteiger partial charge in [-0.2, -0.15) is 4.98 Å². The number of nitrogens with zero attached hydrogens (tertiary/aromatic N) is 2. The smallest absolute Gasteiger partial charge is 0.229 e. The average molecular weight is 280 g/mol. The summed E-state index contributed by atoms with van der Waals surface area (Å²) in [7, 11) is 1.39. The number of methoxy groups -OCH3 is 1. The van der Waals surface area contributed by atoms with Crippen LogP contribution < -0.4 is 4.74 Å². The second-order valence-corrected chi connectivity index (χ2v) is 4.51. The minimum Gasteiger partial charge on any atom is -0.494 e. The summed E-state index contributed by atoms with van der Waals surface area (Å²) in [5.74, 6) is 0.393. The molecule has 0 fully saturated rings. The van der Waals surface area contributed by atoms with Crippen LogP contribution in [0.15, 0.2) is 22.7 Å². The number of ether oxygens (including phenoxy) is 1. The van der Waals surface area contributed by atoms with E-state index in [0.29, 0.717) is 30.1 Å². The average Bonchev–Trinajstić information content (AvgIpc) is 2.88. The van der Waals surface area contributed by atoms with Crippen LogP contribution in [0.5, 0.6) is 5.75 Å². The number of aliphatic hydroxyl groups is 1. The summed E-state index contributed by atoms with van der Waals surface area (Å²) >= 11 is 0. The van der Waals surface area contributed by atoms with E-state index < -0.39 is 11.9 Å². The fraction of sp³-hybridized carbons (Fsp3) is 0.429. The molecule has 0 spiro atoms. The Balaban J connectivity index is 2.16. The molecule has 0 aliphatic heterocycles. The van der Waals surface area contributed by atoms with Crippen LogP contribution in [-0.4, -0.2) is 28.5 Å². The second-order valence-electron chi connectivity index (χ2n) is 4.51. The van der Waals surface area contributed by atoms with Gasteiger partial charge in [-0.05, 0) is 24.6 Å². The van der Waals surface area contributed by atoms with Crippen LogP contribution in [0.1, 0.15) is 25.7 Å². The first kappa shape index (κ1) is 14.5. The number of benzene rings is 1. The normalized spacial score (nSPS) is 12.4. The second kappa shape index (κ2) is 6.47. The van der Waals surface area contributed by atoms with E-state index in [-0.39, 0.29) is 5.75 Å². The van der Waals surface area contributed by atoms with Crippen LogP contribution in [0.2, 0.25) is 0 Å². The maximum Gasteiger partial charge on any atom is 0.229 e. The van der Waals surface area contributed by atoms with Gasteiger partial charge in [0.15, 0.2) is 11.6 Å². The van der Waals surface area contributed by atoms with E-state index in [1.54, 1.807) is 6.07 Å². The maximum atomic E-state index is 13.3. The van der Waals surface area contributed by atoms with Crippen molar-refractivity contribution in [2.75, 3.05) is 7.11 Å². The third-order valence-electron chi connectivity index (χ3n) is 2.91. The van der Waals surface area contributed by atoms with Gasteiger partial charge in [0.05, 0.1) is 19.6 Å². The summed E-state index contributed by atoms with van der Waals surface area (Å²) in [6.45, 7) is 1.99. The van der Waals surface area contributed by atoms with Crippen LogP contribution >= 0.6 is 0 Å². The van der Waals surface area contributed by atoms with Crippen LogP contribution in [0.4, 0.5) is 4.39 Å². The van der Waals surface area contributed by atoms with Gasteiger partial charge in [-0.3, -0.25) is 0 Å². The lowest BCUT2D eigenvalue weighted by atomic mass is 10.1. The lowest BCUT2D eigenvalue weighted by Gasteiger charge is -2.04. The quantitative estimate of drug-likeness (QED) is 0.880. The van der Waals surface area contributed by atoms with Gasteiger partial charge in [-0.25, -0.2) is 4.39 Å². The molecule has 1 aromatic heterocycles. The number of aliphatic hydroxyl groups excluding tert-OH is 1. The standard InChI is InChI=1S/C14H17FN2O3/c1-3-4-10(18)8-13-16-14(17-20-13)9-5-6-11(15)12(7-9)19-2/h5-7,10,18H,3-4,8H2,1-2H3. The van der Waals surface area contributed by atoms with Crippen molar-refractivity contribution in [3.63, 3.8) is 0 Å². The topological polar surface area (TPSA) is 68.4 Å². The van der Waals surface area contributed by atoms with Gasteiger partial charge in [0, 0.05) is 5.56 Å². The van der Waals surface area contributed by atoms with E-state index in [2.05, 4.69) is 10.1 Å². The number of hydrogen-bond acceptors (Lipinski definition) is 5. The number of halogens is 1. The highest BCUT2D eigenvalue weighted by molar-refractivity contribution is 5.57. The number of rotatable bonds is 6. The fourth-order valence-corrected chi connectivity index (χ4v) is 1.89. The van der Waals surface area contributed by atoms with E-state index in [0.717, 1.165) is 6.42 Å². The third-order valence-corrected chi connectivity index (χ3v) is 2.91. The number of aromatic nitrogens is 2. The zero-order chi connectivity index (χ0) is 14.5. The first-order valence-corrected chi connectivity index (χ1v) is 6.48. The molecule has 2 aromatic rings. The number of hydrogen-bond donors (Lipinski definition) is 1. The van der Waals surface area contributed by atoms with Gasteiger partial charge < -0.3 is 14.4 Å². The molecule has 2 rings (SSSR count). The van der Waals surface area contributed by atoms with Crippen LogP contribution in [0.3, 0.4) is 0 Å². The van der Waals surface area contributed by atoms with Crippen molar-refractivity contribution in [3.8, 4) is 17.1 Å². The van der Waals surface area contributed by atoms with Gasteiger partial charge in [0.25, 0.3) is 0 Å². The Bertz CT molecular complexity index is 571. The SMILES string of the molecule is CCCC(O)Cc1nc(-c2ccc(F)c(OC)c2)no1. The molecular formula is C14H17FN2O3. The lowest BCUT2D eigenvalue weighted by molar-refractivity contribution is 0.152. The molecule has 1 unspecified atom stereocenters. The minimum absolute atomic E-state index is 0.125. The Hall–Kier alpha value is -1.95. The molecule has 0 saturated carbocycles. The lowest BCUT2D eigenvalue weighted by Crippen LogP contribution is -2.09. The Morgan fingerprint density at radius 3 is 2.95 bits per heavy atom. The zero-order valence-electron chi connectivity index (χ0n) is 11.5. The van der Waals surface area contributed by atoms with Gasteiger partial charge in [-0.15, -0.1) is 0 Å². The van der Waals surface area contributed by atoms with Gasteiger partial charge in [0.2, 0.25) is 11.7 Å². The first-order valence-electron chi connectivity index (χ1n) is 6.48. The van der Waals surface area contributed by atoms with Gasteiger partial charge in [-0.1, -0.05) is 18.5 Å². The molecule has 0 amide bonds. The van der Waals surface area contributed by atoms with Crippen molar-refractivity contribution >= 4 is 0 Å². The molecule has 1 atom stereocenters. The summed E-state index contributed by atoms with van der Waals surface area (Å²) in [4.78, 5) is 4.19. The summed E-state index contributed by atoms with van der Waals surface area (Å²) in [5, 5.41) is 13.5. The van der Waals surface area contributed by atoms with Crippen molar-refractivity contribution in [3.05, 3.63) is 29.9 Å². The summed E-state index contributed by atoms with van der Waals surface area (Å²) in [6, 6.07) is 4.34. The minimum atomic E-state index is -0.490. The van der Waals surface area contributed by atoms with Crippen molar-refractivity contribution in [1.29, 1.82) is 0 Å². The fourth-order valence-electron chi connectivity index (χ4n) is 1.89. The molecule has 1 N–H and O–H groups in total. The summed E-state index contributed by atoms with van der Waals surface area (Å²) in [5.41, 5.74) is 0.600. The molecule has 1 heterocycles. The van der Waals surface area contributed by atoms with E-state index in [1.165, 1.54) is 19.2 Å². The molecule has 0 aliphatic rings. The Morgan fingerprint density at radius 1 is 1.45 bits per heavy atom. The largest absolute Gasteiger partial charge is 0.494 e. The highest BCUT2D eigenvalue weighted by Crippen LogP contribution is 2.24. The molecule has 20 heavy (non-hydrogen) atoms. The zero-order valence-corrected chi connectivity index (χ0v) is 11.5. The van der Waals surface area contributed by atoms with Gasteiger partial charge >= 0.3 is 0 Å². The molecule has 0 radical (unpaired) electrons. The Labute approximate surface area is 116 Å². The van der Waals surface area contributed by atoms with E-state index in [1.807, 2.05) is 6.92 Å². The first-order chi connectivity index (χ1) is 9.63. The van der Waals surface area contributed by atoms with Crippen LogP contribution in [0.25, 0.3) is 11.4 Å². The molecule has 108 valence electrons. The highest BCUT2D eigenvalue weighted by Gasteiger charge is 2.14. The highest BCUT2D eigenvalue weighted by atomic mass is 19.1. The molecule has 1 aromatic carbocycles. The van der Waals surface area contributed by atoms with Crippen LogP contribution in [-0.2, 0) is 6.42 Å². The van der Waals surface area contributed by atoms with E-state index >= 15 is 0 Å². The molecule has 6 heteroatoms. The molecule has 5 nitrogen and oxygen atoms in total. The third kappa shape index (κ3) is 3.33. The van der Waals surface area contributed by atoms with Crippen LogP contribution in [0, 0.1) is 5.82 Å². The monoisotopic (exact) mass is 280 g/mol. The summed E-state index contributed by atoms with van der Waals surface area (Å²) in [6.07, 6.45) is 1.40. The predicted molar refractivity (Wildman–Crippen MR) is 70.9 cm³/mol. The maximum absolute atomic E-state index is 13.3. The van der Waals surface area contributed by atoms with Gasteiger partial charge in [0.1, 0.15) is 0 Å². The van der Waals surface area contributed by atoms with E-state index in [4.69, 9.17) is 9.26 Å². The van der Waals surface area contributed by atoms with Crippen molar-refractivity contribution in [1.82, 2.24) is 10.1 Å². The van der Waals surface area contributed by atoms with Crippen molar-refractivity contribution in [2.45, 2.75) is 32.3 Å². The Morgan fingerprint density at radius 2 is 2.25 bits per heavy atom.